The summed E-state index contributed by atoms with van der Waals surface area (Å²) in [5.41, 5.74) is 2.15. The maximum absolute atomic E-state index is 12.7. The lowest BCUT2D eigenvalue weighted by Crippen LogP contribution is -2.57. The highest BCUT2D eigenvalue weighted by atomic mass is 16.8. The van der Waals surface area contributed by atoms with Crippen molar-refractivity contribution in [2.24, 2.45) is 5.41 Å². The molecule has 1 amide bonds. The Morgan fingerprint density at radius 1 is 1.05 bits per heavy atom. The second-order valence-electron chi connectivity index (χ2n) is 11.4. The smallest absolute Gasteiger partial charge is 0.256 e. The summed E-state index contributed by atoms with van der Waals surface area (Å²) < 4.78 is 21.2. The van der Waals surface area contributed by atoms with Crippen molar-refractivity contribution in [1.29, 1.82) is 0 Å². The van der Waals surface area contributed by atoms with Gasteiger partial charge in [0.1, 0.15) is 24.6 Å². The van der Waals surface area contributed by atoms with Gasteiger partial charge in [0.25, 0.3) is 5.91 Å². The molecule has 3 aromatic rings. The molecule has 0 bridgehead atoms. The standard InChI is InChI=1S/C27H32N6O4/c1-26(2)36-20-18(12-32-13-27(14-32)10-6-7-11-27)35-25(21(20)37-26)33-16-30-19-22(28-15-29-23(19)33)31-24(34)17-8-4-3-5-9-17/h3-5,8-9,15-16,18,20-21,25H,6-7,10-14H2,1-2H3,(H,28,29,31,34)/t18-,20-,21-,25-/m1/s1. The Morgan fingerprint density at radius 2 is 1.81 bits per heavy atom. The van der Waals surface area contributed by atoms with Gasteiger partial charge in [0, 0.05) is 25.2 Å². The van der Waals surface area contributed by atoms with Crippen LogP contribution < -0.4 is 5.32 Å². The number of imidazole rings is 1. The molecule has 1 aromatic carbocycles. The predicted molar refractivity (Wildman–Crippen MR) is 135 cm³/mol. The van der Waals surface area contributed by atoms with E-state index in [9.17, 15) is 4.79 Å². The summed E-state index contributed by atoms with van der Waals surface area (Å²) in [5, 5.41) is 2.87. The van der Waals surface area contributed by atoms with Crippen molar-refractivity contribution in [3.8, 4) is 0 Å². The fraction of sp³-hybridized carbons (Fsp3) is 0.556. The Hall–Kier alpha value is -2.92. The Morgan fingerprint density at radius 3 is 2.59 bits per heavy atom. The van der Waals surface area contributed by atoms with E-state index in [1.807, 2.05) is 36.6 Å². The SMILES string of the molecule is CC1(C)O[C@@H]2[C@H](O1)[C@@H](CN1CC3(CCCC3)C1)O[C@H]2n1cnc2c(NC(=O)c3ccccc3)ncnc21. The Bertz CT molecular complexity index is 1310. The number of benzene rings is 1. The molecule has 0 unspecified atom stereocenters. The molecule has 5 heterocycles. The van der Waals surface area contributed by atoms with Crippen LogP contribution in [0, 0.1) is 5.41 Å². The Labute approximate surface area is 215 Å². The first-order valence-corrected chi connectivity index (χ1v) is 13.2. The van der Waals surface area contributed by atoms with Gasteiger partial charge in [0.2, 0.25) is 0 Å². The van der Waals surface area contributed by atoms with Crippen LogP contribution in [0.15, 0.2) is 43.0 Å². The number of rotatable bonds is 5. The first-order valence-electron chi connectivity index (χ1n) is 13.2. The summed E-state index contributed by atoms with van der Waals surface area (Å²) >= 11 is 0. The van der Waals surface area contributed by atoms with E-state index in [-0.39, 0.29) is 24.2 Å². The van der Waals surface area contributed by atoms with Crippen LogP contribution in [-0.4, -0.2) is 74.1 Å². The molecule has 3 saturated heterocycles. The van der Waals surface area contributed by atoms with Crippen LogP contribution in [0.25, 0.3) is 11.2 Å². The third-order valence-electron chi connectivity index (χ3n) is 8.25. The topological polar surface area (TPSA) is 104 Å². The molecular formula is C27H32N6O4. The molecule has 4 atom stereocenters. The summed E-state index contributed by atoms with van der Waals surface area (Å²) in [5.74, 6) is -0.594. The summed E-state index contributed by atoms with van der Waals surface area (Å²) in [4.78, 5) is 28.6. The number of ether oxygens (including phenoxy) is 3. The lowest BCUT2D eigenvalue weighted by Gasteiger charge is -2.49. The number of hydrogen-bond donors (Lipinski definition) is 1. The zero-order valence-corrected chi connectivity index (χ0v) is 21.2. The van der Waals surface area contributed by atoms with E-state index in [1.54, 1.807) is 18.5 Å². The monoisotopic (exact) mass is 504 g/mol. The molecule has 4 aliphatic rings. The van der Waals surface area contributed by atoms with E-state index in [0.29, 0.717) is 28.0 Å². The number of fused-ring (bicyclic) bond motifs is 2. The highest BCUT2D eigenvalue weighted by Gasteiger charge is 2.57. The van der Waals surface area contributed by atoms with Crippen LogP contribution in [0.5, 0.6) is 0 Å². The molecule has 1 aliphatic carbocycles. The van der Waals surface area contributed by atoms with Crippen molar-refractivity contribution >= 4 is 22.9 Å². The van der Waals surface area contributed by atoms with E-state index in [4.69, 9.17) is 14.2 Å². The molecule has 1 spiro atoms. The zero-order chi connectivity index (χ0) is 25.2. The highest BCUT2D eigenvalue weighted by molar-refractivity contribution is 6.06. The van der Waals surface area contributed by atoms with Gasteiger partial charge < -0.3 is 19.5 Å². The van der Waals surface area contributed by atoms with Crippen molar-refractivity contribution in [3.05, 3.63) is 48.5 Å². The number of carbonyl (C=O) groups is 1. The van der Waals surface area contributed by atoms with Gasteiger partial charge in [-0.05, 0) is 44.2 Å². The fourth-order valence-corrected chi connectivity index (χ4v) is 6.66. The predicted octanol–water partition coefficient (Wildman–Crippen LogP) is 3.37. The van der Waals surface area contributed by atoms with Crippen LogP contribution in [0.3, 0.4) is 0 Å². The maximum Gasteiger partial charge on any atom is 0.256 e. The van der Waals surface area contributed by atoms with Gasteiger partial charge in [-0.25, -0.2) is 15.0 Å². The van der Waals surface area contributed by atoms with Crippen LogP contribution in [0.4, 0.5) is 5.82 Å². The summed E-state index contributed by atoms with van der Waals surface area (Å²) in [6.45, 7) is 7.00. The summed E-state index contributed by atoms with van der Waals surface area (Å²) in [7, 11) is 0. The van der Waals surface area contributed by atoms with Gasteiger partial charge in [-0.2, -0.15) is 0 Å². The van der Waals surface area contributed by atoms with Gasteiger partial charge >= 0.3 is 0 Å². The van der Waals surface area contributed by atoms with Crippen LogP contribution >= 0.6 is 0 Å². The van der Waals surface area contributed by atoms with Crippen LogP contribution in [0.2, 0.25) is 0 Å². The summed E-state index contributed by atoms with van der Waals surface area (Å²) in [6.07, 6.45) is 7.48. The largest absolute Gasteiger partial charge is 0.348 e. The van der Waals surface area contributed by atoms with Crippen molar-refractivity contribution in [2.45, 2.75) is 69.9 Å². The number of aromatic nitrogens is 4. The molecule has 4 fully saturated rings. The van der Waals surface area contributed by atoms with E-state index in [2.05, 4.69) is 25.2 Å². The molecular weight excluding hydrogens is 472 g/mol. The summed E-state index contributed by atoms with van der Waals surface area (Å²) in [6, 6.07) is 9.02. The molecule has 1 saturated carbocycles. The molecule has 7 rings (SSSR count). The lowest BCUT2D eigenvalue weighted by atomic mass is 9.78. The van der Waals surface area contributed by atoms with Crippen molar-refractivity contribution in [1.82, 2.24) is 24.4 Å². The highest BCUT2D eigenvalue weighted by Crippen LogP contribution is 2.48. The molecule has 10 nitrogen and oxygen atoms in total. The van der Waals surface area contributed by atoms with Crippen molar-refractivity contribution in [3.63, 3.8) is 0 Å². The van der Waals surface area contributed by atoms with Crippen molar-refractivity contribution in [2.75, 3.05) is 25.0 Å². The van der Waals surface area contributed by atoms with Crippen molar-refractivity contribution < 1.29 is 19.0 Å². The molecule has 3 aliphatic heterocycles. The van der Waals surface area contributed by atoms with E-state index >= 15 is 0 Å². The first kappa shape index (κ1) is 23.2. The Kier molecular flexibility index (Phi) is 5.37. The Balaban J connectivity index is 1.14. The quantitative estimate of drug-likeness (QED) is 0.564. The minimum atomic E-state index is -0.697. The number of anilines is 1. The first-order chi connectivity index (χ1) is 17.9. The molecule has 37 heavy (non-hydrogen) atoms. The lowest BCUT2D eigenvalue weighted by molar-refractivity contribution is -0.200. The van der Waals surface area contributed by atoms with Crippen LogP contribution in [0.1, 0.15) is 56.1 Å². The second kappa shape index (κ2) is 8.56. The number of nitrogens with zero attached hydrogens (tertiary/aromatic N) is 5. The number of amides is 1. The average Bonchev–Trinajstić information content (AvgIpc) is 3.63. The van der Waals surface area contributed by atoms with Gasteiger partial charge in [-0.15, -0.1) is 0 Å². The third-order valence-corrected chi connectivity index (χ3v) is 8.25. The number of nitrogens with one attached hydrogen (secondary N) is 1. The van der Waals surface area contributed by atoms with Gasteiger partial charge in [-0.3, -0.25) is 14.3 Å². The molecule has 194 valence electrons. The fourth-order valence-electron chi connectivity index (χ4n) is 6.66. The third kappa shape index (κ3) is 4.03. The number of carbonyl (C=O) groups excluding carboxylic acids is 1. The molecule has 0 radical (unpaired) electrons. The minimum absolute atomic E-state index is 0.118. The molecule has 2 aromatic heterocycles. The van der Waals surface area contributed by atoms with Gasteiger partial charge in [-0.1, -0.05) is 31.0 Å². The number of hydrogen-bond acceptors (Lipinski definition) is 8. The number of likely N-dealkylation sites (tertiary alicyclic amines) is 1. The minimum Gasteiger partial charge on any atom is -0.348 e. The molecule has 1 N–H and O–H groups in total. The van der Waals surface area contributed by atoms with Crippen LogP contribution in [-0.2, 0) is 14.2 Å². The van der Waals surface area contributed by atoms with Gasteiger partial charge in [0.15, 0.2) is 29.0 Å². The van der Waals surface area contributed by atoms with E-state index in [1.165, 1.54) is 32.0 Å². The zero-order valence-electron chi connectivity index (χ0n) is 21.2. The van der Waals surface area contributed by atoms with Gasteiger partial charge in [0.05, 0.1) is 6.33 Å². The van der Waals surface area contributed by atoms with E-state index < -0.39 is 12.0 Å². The normalized spacial score (nSPS) is 30.0. The maximum atomic E-state index is 12.7. The van der Waals surface area contributed by atoms with E-state index in [0.717, 1.165) is 19.6 Å². The average molecular weight is 505 g/mol. The molecule has 10 heteroatoms. The second-order valence-corrected chi connectivity index (χ2v) is 11.4.